The molecule has 0 saturated heterocycles. The van der Waals surface area contributed by atoms with Gasteiger partial charge in [0.2, 0.25) is 0 Å². The average Bonchev–Trinajstić information content (AvgIpc) is 2.72. The Morgan fingerprint density at radius 2 is 2.31 bits per heavy atom. The lowest BCUT2D eigenvalue weighted by atomic mass is 10.2. The zero-order chi connectivity index (χ0) is 12.0. The Hall–Kier alpha value is -0.260. The zero-order valence-corrected chi connectivity index (χ0v) is 11.8. The highest BCUT2D eigenvalue weighted by atomic mass is 32.2. The Bertz CT molecular complexity index is 336. The molecule has 92 valence electrons. The van der Waals surface area contributed by atoms with Crippen molar-refractivity contribution in [1.29, 1.82) is 0 Å². The molecule has 5 heteroatoms. The van der Waals surface area contributed by atoms with Crippen molar-refractivity contribution in [2.24, 2.45) is 0 Å². The largest absolute Gasteiger partial charge is 0.310 e. The van der Waals surface area contributed by atoms with E-state index in [1.54, 1.807) is 11.3 Å². The second-order valence-corrected chi connectivity index (χ2v) is 6.70. The van der Waals surface area contributed by atoms with Crippen molar-refractivity contribution in [3.8, 4) is 0 Å². The van der Waals surface area contributed by atoms with Crippen LogP contribution in [0.4, 0.5) is 0 Å². The summed E-state index contributed by atoms with van der Waals surface area (Å²) in [5.41, 5.74) is 1.09. The lowest BCUT2D eigenvalue weighted by Crippen LogP contribution is -2.20. The molecule has 0 amide bonds. The van der Waals surface area contributed by atoms with Crippen LogP contribution in [0.2, 0.25) is 0 Å². The van der Waals surface area contributed by atoms with E-state index in [0.717, 1.165) is 30.3 Å². The summed E-state index contributed by atoms with van der Waals surface area (Å²) < 4.78 is 11.2. The summed E-state index contributed by atoms with van der Waals surface area (Å²) in [4.78, 5) is 4.53. The topological polar surface area (TPSA) is 42.0 Å². The normalized spacial score (nSPS) is 13.2. The van der Waals surface area contributed by atoms with Gasteiger partial charge in [0.05, 0.1) is 10.7 Å². The van der Waals surface area contributed by atoms with Gasteiger partial charge >= 0.3 is 0 Å². The fourth-order valence-corrected chi connectivity index (χ4v) is 2.71. The molecule has 1 N–H and O–H groups in total. The first-order valence-corrected chi connectivity index (χ1v) is 8.00. The Labute approximate surface area is 104 Å². The SMILES string of the molecule is CCS(=O)CCNCc1csc(C(C)C)n1. The van der Waals surface area contributed by atoms with Gasteiger partial charge in [-0.05, 0) is 0 Å². The Kier molecular flexibility index (Phi) is 6.16. The van der Waals surface area contributed by atoms with Gasteiger partial charge < -0.3 is 5.32 Å². The number of aromatic nitrogens is 1. The number of hydrogen-bond donors (Lipinski definition) is 1. The molecule has 0 saturated carbocycles. The molecule has 0 radical (unpaired) electrons. The maximum absolute atomic E-state index is 11.2. The van der Waals surface area contributed by atoms with Gasteiger partial charge in [-0.1, -0.05) is 20.8 Å². The molecule has 0 aliphatic carbocycles. The van der Waals surface area contributed by atoms with Crippen LogP contribution in [-0.4, -0.2) is 27.2 Å². The van der Waals surface area contributed by atoms with Gasteiger partial charge in [0, 0.05) is 46.7 Å². The van der Waals surface area contributed by atoms with Gasteiger partial charge in [-0.25, -0.2) is 4.98 Å². The van der Waals surface area contributed by atoms with Gasteiger partial charge in [-0.2, -0.15) is 0 Å². The second kappa shape index (κ2) is 7.14. The standard InChI is InChI=1S/C11H20N2OS2/c1-4-16(14)6-5-12-7-10-8-15-11(13-10)9(2)3/h8-9,12H,4-7H2,1-3H3. The van der Waals surface area contributed by atoms with Gasteiger partial charge in [-0.15, -0.1) is 11.3 Å². The summed E-state index contributed by atoms with van der Waals surface area (Å²) in [6.07, 6.45) is 0. The van der Waals surface area contributed by atoms with E-state index >= 15 is 0 Å². The fourth-order valence-electron chi connectivity index (χ4n) is 1.22. The van der Waals surface area contributed by atoms with E-state index in [0.29, 0.717) is 5.92 Å². The maximum atomic E-state index is 11.2. The smallest absolute Gasteiger partial charge is 0.0954 e. The lowest BCUT2D eigenvalue weighted by Gasteiger charge is -2.01. The van der Waals surface area contributed by atoms with Crippen LogP contribution in [0, 0.1) is 0 Å². The van der Waals surface area contributed by atoms with Crippen molar-refractivity contribution in [2.75, 3.05) is 18.1 Å². The highest BCUT2D eigenvalue weighted by molar-refractivity contribution is 7.84. The highest BCUT2D eigenvalue weighted by Crippen LogP contribution is 2.18. The third kappa shape index (κ3) is 4.72. The summed E-state index contributed by atoms with van der Waals surface area (Å²) in [6.45, 7) is 7.84. The lowest BCUT2D eigenvalue weighted by molar-refractivity contribution is 0.671. The van der Waals surface area contributed by atoms with Crippen LogP contribution in [0.1, 0.15) is 37.4 Å². The minimum Gasteiger partial charge on any atom is -0.310 e. The van der Waals surface area contributed by atoms with Crippen LogP contribution in [0.5, 0.6) is 0 Å². The van der Waals surface area contributed by atoms with Crippen molar-refractivity contribution in [2.45, 2.75) is 33.2 Å². The quantitative estimate of drug-likeness (QED) is 0.764. The van der Waals surface area contributed by atoms with E-state index < -0.39 is 10.8 Å². The zero-order valence-electron chi connectivity index (χ0n) is 10.2. The van der Waals surface area contributed by atoms with Crippen LogP contribution in [0.3, 0.4) is 0 Å². The second-order valence-electron chi connectivity index (χ2n) is 3.94. The molecular weight excluding hydrogens is 240 g/mol. The van der Waals surface area contributed by atoms with Crippen molar-refractivity contribution < 1.29 is 4.21 Å². The van der Waals surface area contributed by atoms with Gasteiger partial charge in [0.25, 0.3) is 0 Å². The molecule has 1 aromatic heterocycles. The van der Waals surface area contributed by atoms with E-state index in [9.17, 15) is 4.21 Å². The summed E-state index contributed by atoms with van der Waals surface area (Å²) in [6, 6.07) is 0. The average molecular weight is 260 g/mol. The monoisotopic (exact) mass is 260 g/mol. The molecule has 0 spiro atoms. The van der Waals surface area contributed by atoms with Crippen molar-refractivity contribution in [3.05, 3.63) is 16.1 Å². The van der Waals surface area contributed by atoms with E-state index in [2.05, 4.69) is 29.5 Å². The van der Waals surface area contributed by atoms with Crippen LogP contribution in [-0.2, 0) is 17.3 Å². The summed E-state index contributed by atoms with van der Waals surface area (Å²) in [5, 5.41) is 6.56. The van der Waals surface area contributed by atoms with Crippen molar-refractivity contribution in [1.82, 2.24) is 10.3 Å². The molecule has 3 nitrogen and oxygen atoms in total. The Balaban J connectivity index is 2.24. The first kappa shape index (κ1) is 13.8. The molecule has 0 fully saturated rings. The number of hydrogen-bond acceptors (Lipinski definition) is 4. The van der Waals surface area contributed by atoms with Crippen LogP contribution >= 0.6 is 11.3 Å². The first-order chi connectivity index (χ1) is 7.63. The van der Waals surface area contributed by atoms with Crippen molar-refractivity contribution in [3.63, 3.8) is 0 Å². The third-order valence-electron chi connectivity index (χ3n) is 2.20. The summed E-state index contributed by atoms with van der Waals surface area (Å²) >= 11 is 1.72. The predicted molar refractivity (Wildman–Crippen MR) is 71.5 cm³/mol. The van der Waals surface area contributed by atoms with Crippen LogP contribution in [0.25, 0.3) is 0 Å². The Morgan fingerprint density at radius 1 is 1.56 bits per heavy atom. The van der Waals surface area contributed by atoms with Crippen LogP contribution < -0.4 is 5.32 Å². The Morgan fingerprint density at radius 3 is 2.88 bits per heavy atom. The molecule has 0 bridgehead atoms. The molecule has 16 heavy (non-hydrogen) atoms. The summed E-state index contributed by atoms with van der Waals surface area (Å²) in [5.74, 6) is 1.99. The number of nitrogens with zero attached hydrogens (tertiary/aromatic N) is 1. The highest BCUT2D eigenvalue weighted by Gasteiger charge is 2.05. The number of nitrogens with one attached hydrogen (secondary N) is 1. The molecule has 0 aliphatic rings. The molecule has 1 aromatic rings. The molecule has 1 unspecified atom stereocenters. The molecule has 1 heterocycles. The molecule has 1 atom stereocenters. The molecular formula is C11H20N2OS2. The van der Waals surface area contributed by atoms with Crippen molar-refractivity contribution >= 4 is 22.1 Å². The fraction of sp³-hybridized carbons (Fsp3) is 0.727. The van der Waals surface area contributed by atoms with E-state index in [-0.39, 0.29) is 0 Å². The minimum atomic E-state index is -0.667. The number of rotatable bonds is 7. The van der Waals surface area contributed by atoms with Crippen LogP contribution in [0.15, 0.2) is 5.38 Å². The van der Waals surface area contributed by atoms with E-state index in [1.807, 2.05) is 6.92 Å². The van der Waals surface area contributed by atoms with Gasteiger partial charge in [0.15, 0.2) is 0 Å². The molecule has 0 aliphatic heterocycles. The molecule has 0 aromatic carbocycles. The van der Waals surface area contributed by atoms with Gasteiger partial charge in [-0.3, -0.25) is 4.21 Å². The minimum absolute atomic E-state index is 0.506. The first-order valence-electron chi connectivity index (χ1n) is 5.63. The predicted octanol–water partition coefficient (Wildman–Crippen LogP) is 2.12. The van der Waals surface area contributed by atoms with E-state index in [1.165, 1.54) is 5.01 Å². The summed E-state index contributed by atoms with van der Waals surface area (Å²) in [7, 11) is -0.667. The molecule has 1 rings (SSSR count). The third-order valence-corrected chi connectivity index (χ3v) is 4.70. The number of thiazole rings is 1. The maximum Gasteiger partial charge on any atom is 0.0954 e. The van der Waals surface area contributed by atoms with E-state index in [4.69, 9.17) is 0 Å². The van der Waals surface area contributed by atoms with Gasteiger partial charge in [0.1, 0.15) is 0 Å².